The summed E-state index contributed by atoms with van der Waals surface area (Å²) in [6.07, 6.45) is -1.31. The highest BCUT2D eigenvalue weighted by molar-refractivity contribution is 5.90. The van der Waals surface area contributed by atoms with Crippen molar-refractivity contribution >= 4 is 16.6 Å². The molecule has 1 aromatic carbocycles. The van der Waals surface area contributed by atoms with Gasteiger partial charge in [-0.05, 0) is 46.0 Å². The van der Waals surface area contributed by atoms with Gasteiger partial charge in [-0.25, -0.2) is 18.0 Å². The van der Waals surface area contributed by atoms with Crippen LogP contribution in [0.5, 0.6) is 0 Å². The van der Waals surface area contributed by atoms with Crippen molar-refractivity contribution in [2.45, 2.75) is 64.1 Å². The highest BCUT2D eigenvalue weighted by Crippen LogP contribution is 2.43. The maximum atomic E-state index is 15.5. The first kappa shape index (κ1) is 21.9. The Hall–Kier alpha value is -2.33. The predicted octanol–water partition coefficient (Wildman–Crippen LogP) is 2.33. The number of H-pyrrole nitrogens is 1. The molecule has 0 spiro atoms. The Morgan fingerprint density at radius 2 is 1.87 bits per heavy atom. The van der Waals surface area contributed by atoms with Crippen molar-refractivity contribution in [3.8, 4) is 0 Å². The van der Waals surface area contributed by atoms with E-state index in [-0.39, 0.29) is 35.3 Å². The lowest BCUT2D eigenvalue weighted by atomic mass is 9.87. The summed E-state index contributed by atoms with van der Waals surface area (Å²) in [5, 5.41) is 9.77. The zero-order valence-corrected chi connectivity index (χ0v) is 17.7. The number of aryl methyl sites for hydroxylation is 1. The Morgan fingerprint density at radius 1 is 1.23 bits per heavy atom. The van der Waals surface area contributed by atoms with Crippen LogP contribution in [0.2, 0.25) is 0 Å². The number of aromatic nitrogens is 2. The summed E-state index contributed by atoms with van der Waals surface area (Å²) in [6, 6.07) is -0.785. The molecule has 1 saturated heterocycles. The molecule has 2 unspecified atom stereocenters. The number of alkyl halides is 2. The van der Waals surface area contributed by atoms with Crippen LogP contribution in [0.4, 0.5) is 18.9 Å². The summed E-state index contributed by atoms with van der Waals surface area (Å²) in [5.41, 5.74) is 2.67. The second-order valence-electron chi connectivity index (χ2n) is 9.26. The van der Waals surface area contributed by atoms with Crippen molar-refractivity contribution in [3.63, 3.8) is 0 Å². The minimum absolute atomic E-state index is 0.0346. The Balaban J connectivity index is 1.94. The van der Waals surface area contributed by atoms with Crippen LogP contribution in [-0.2, 0) is 0 Å². The average molecular weight is 440 g/mol. The SMILES string of the molecule is Cc1c(N2CCC(C(N)C(C)(C)O)C2)c(F)c(C(F)F)c2c(=O)[nH]c(=O)n(C3CC3)c12. The molecule has 7 nitrogen and oxygen atoms in total. The van der Waals surface area contributed by atoms with Crippen LogP contribution in [0.3, 0.4) is 0 Å². The van der Waals surface area contributed by atoms with Gasteiger partial charge in [0.25, 0.3) is 12.0 Å². The fraction of sp³-hybridized carbons (Fsp3) is 0.619. The van der Waals surface area contributed by atoms with Crippen molar-refractivity contribution in [2.75, 3.05) is 18.0 Å². The first-order chi connectivity index (χ1) is 14.4. The van der Waals surface area contributed by atoms with Crippen molar-refractivity contribution in [1.29, 1.82) is 0 Å². The van der Waals surface area contributed by atoms with Gasteiger partial charge in [0, 0.05) is 30.7 Å². The second kappa shape index (κ2) is 7.37. The molecule has 4 rings (SSSR count). The molecule has 0 radical (unpaired) electrons. The predicted molar refractivity (Wildman–Crippen MR) is 111 cm³/mol. The fourth-order valence-corrected chi connectivity index (χ4v) is 4.80. The summed E-state index contributed by atoms with van der Waals surface area (Å²) in [6.45, 7) is 5.37. The Labute approximate surface area is 176 Å². The van der Waals surface area contributed by atoms with Crippen molar-refractivity contribution < 1.29 is 18.3 Å². The van der Waals surface area contributed by atoms with Crippen LogP contribution in [0.25, 0.3) is 10.9 Å². The van der Waals surface area contributed by atoms with Crippen LogP contribution >= 0.6 is 0 Å². The molecule has 1 aliphatic heterocycles. The number of aliphatic hydroxyl groups is 1. The maximum Gasteiger partial charge on any atom is 0.329 e. The average Bonchev–Trinajstić information content (AvgIpc) is 3.38. The number of rotatable bonds is 5. The molecule has 4 N–H and O–H groups in total. The highest BCUT2D eigenvalue weighted by atomic mass is 19.3. The number of fused-ring (bicyclic) bond motifs is 1. The summed E-state index contributed by atoms with van der Waals surface area (Å²) in [5.74, 6) is -1.32. The quantitative estimate of drug-likeness (QED) is 0.662. The number of nitrogens with zero attached hydrogens (tertiary/aromatic N) is 2. The standard InChI is InChI=1S/C21H27F3N4O3/c1-9-15-13(19(29)26-20(30)28(15)11-4-5-11)12(18(23)24)14(22)16(9)27-7-6-10(8-27)17(25)21(2,3)31/h10-11,17-18,31H,4-8,25H2,1-3H3,(H,26,29,30). The minimum Gasteiger partial charge on any atom is -0.389 e. The normalized spacial score (nSPS) is 20.8. The lowest BCUT2D eigenvalue weighted by molar-refractivity contribution is 0.0337. The van der Waals surface area contributed by atoms with Gasteiger partial charge in [0.05, 0.1) is 27.8 Å². The molecular weight excluding hydrogens is 413 g/mol. The summed E-state index contributed by atoms with van der Waals surface area (Å²) in [4.78, 5) is 28.7. The molecule has 2 aromatic rings. The summed E-state index contributed by atoms with van der Waals surface area (Å²) in [7, 11) is 0. The van der Waals surface area contributed by atoms with Crippen molar-refractivity contribution in [1.82, 2.24) is 9.55 Å². The molecule has 1 saturated carbocycles. The van der Waals surface area contributed by atoms with E-state index >= 15 is 4.39 Å². The van der Waals surface area contributed by atoms with Gasteiger partial charge in [0.2, 0.25) is 0 Å². The smallest absolute Gasteiger partial charge is 0.329 e. The topological polar surface area (TPSA) is 104 Å². The third-order valence-electron chi connectivity index (χ3n) is 6.56. The lowest BCUT2D eigenvalue weighted by Crippen LogP contribution is -2.49. The lowest BCUT2D eigenvalue weighted by Gasteiger charge is -2.31. The molecule has 170 valence electrons. The van der Waals surface area contributed by atoms with Gasteiger partial charge in [-0.1, -0.05) is 0 Å². The third-order valence-corrected chi connectivity index (χ3v) is 6.56. The van der Waals surface area contributed by atoms with E-state index in [1.54, 1.807) is 25.7 Å². The molecule has 2 atom stereocenters. The maximum absolute atomic E-state index is 15.5. The van der Waals surface area contributed by atoms with Crippen molar-refractivity contribution in [2.24, 2.45) is 11.7 Å². The van der Waals surface area contributed by atoms with E-state index in [0.29, 0.717) is 25.8 Å². The molecule has 1 aromatic heterocycles. The molecule has 0 bridgehead atoms. The van der Waals surface area contributed by atoms with E-state index in [2.05, 4.69) is 4.98 Å². The largest absolute Gasteiger partial charge is 0.389 e. The van der Waals surface area contributed by atoms with Gasteiger partial charge < -0.3 is 15.7 Å². The monoisotopic (exact) mass is 440 g/mol. The van der Waals surface area contributed by atoms with Gasteiger partial charge in [-0.15, -0.1) is 0 Å². The first-order valence-corrected chi connectivity index (χ1v) is 10.4. The van der Waals surface area contributed by atoms with Gasteiger partial charge in [-0.3, -0.25) is 14.3 Å². The van der Waals surface area contributed by atoms with Gasteiger partial charge in [-0.2, -0.15) is 0 Å². The number of nitrogens with two attached hydrogens (primary N) is 1. The van der Waals surface area contributed by atoms with Crippen LogP contribution in [0, 0.1) is 18.7 Å². The van der Waals surface area contributed by atoms with E-state index in [9.17, 15) is 23.5 Å². The Kier molecular flexibility index (Phi) is 5.20. The number of nitrogens with one attached hydrogen (secondary N) is 1. The molecular formula is C21H27F3N4O3. The first-order valence-electron chi connectivity index (χ1n) is 10.4. The van der Waals surface area contributed by atoms with Gasteiger partial charge >= 0.3 is 5.69 Å². The number of hydrogen-bond acceptors (Lipinski definition) is 5. The zero-order chi connectivity index (χ0) is 22.8. The van der Waals surface area contributed by atoms with Crippen LogP contribution in [-0.4, -0.2) is 39.4 Å². The molecule has 10 heteroatoms. The second-order valence-corrected chi connectivity index (χ2v) is 9.26. The van der Waals surface area contributed by atoms with Crippen LogP contribution in [0.1, 0.15) is 56.7 Å². The summed E-state index contributed by atoms with van der Waals surface area (Å²) >= 11 is 0. The molecule has 2 fully saturated rings. The fourth-order valence-electron chi connectivity index (χ4n) is 4.80. The van der Waals surface area contributed by atoms with E-state index in [1.807, 2.05) is 0 Å². The van der Waals surface area contributed by atoms with Gasteiger partial charge in [0.1, 0.15) is 0 Å². The zero-order valence-electron chi connectivity index (χ0n) is 17.7. The number of aromatic amines is 1. The van der Waals surface area contributed by atoms with Crippen molar-refractivity contribution in [3.05, 3.63) is 37.8 Å². The summed E-state index contributed by atoms with van der Waals surface area (Å²) < 4.78 is 44.8. The van der Waals surface area contributed by atoms with E-state index in [4.69, 9.17) is 5.73 Å². The molecule has 2 heterocycles. The van der Waals surface area contributed by atoms with Crippen LogP contribution < -0.4 is 21.9 Å². The molecule has 0 amide bonds. The molecule has 31 heavy (non-hydrogen) atoms. The third kappa shape index (κ3) is 3.55. The molecule has 2 aliphatic rings. The number of halogens is 3. The number of anilines is 1. The molecule has 1 aliphatic carbocycles. The number of benzene rings is 1. The van der Waals surface area contributed by atoms with Gasteiger partial charge in [0.15, 0.2) is 5.82 Å². The highest BCUT2D eigenvalue weighted by Gasteiger charge is 2.39. The number of hydrogen-bond donors (Lipinski definition) is 3. The van der Waals surface area contributed by atoms with E-state index in [0.717, 1.165) is 0 Å². The van der Waals surface area contributed by atoms with E-state index in [1.165, 1.54) is 4.57 Å². The van der Waals surface area contributed by atoms with E-state index < -0.39 is 46.1 Å². The Morgan fingerprint density at radius 3 is 2.42 bits per heavy atom. The van der Waals surface area contributed by atoms with Crippen LogP contribution in [0.15, 0.2) is 9.59 Å². The Bertz CT molecular complexity index is 1150. The minimum atomic E-state index is -3.23.